The van der Waals surface area contributed by atoms with Crippen molar-refractivity contribution in [2.24, 2.45) is 5.92 Å². The monoisotopic (exact) mass is 385 g/mol. The van der Waals surface area contributed by atoms with Gasteiger partial charge in [-0.25, -0.2) is 4.39 Å². The summed E-state index contributed by atoms with van der Waals surface area (Å²) in [6.07, 6.45) is 0. The van der Waals surface area contributed by atoms with Gasteiger partial charge < -0.3 is 16.0 Å². The zero-order chi connectivity index (χ0) is 20.8. The van der Waals surface area contributed by atoms with Crippen molar-refractivity contribution in [3.05, 3.63) is 59.4 Å². The lowest BCUT2D eigenvalue weighted by Gasteiger charge is -2.22. The van der Waals surface area contributed by atoms with Gasteiger partial charge >= 0.3 is 0 Å². The van der Waals surface area contributed by atoms with Crippen molar-refractivity contribution in [3.63, 3.8) is 0 Å². The summed E-state index contributed by atoms with van der Waals surface area (Å²) < 4.78 is 13.8. The van der Waals surface area contributed by atoms with Crippen molar-refractivity contribution in [3.8, 4) is 0 Å². The van der Waals surface area contributed by atoms with E-state index in [2.05, 4.69) is 16.0 Å². The van der Waals surface area contributed by atoms with Crippen LogP contribution in [0.5, 0.6) is 0 Å². The van der Waals surface area contributed by atoms with E-state index in [0.717, 1.165) is 11.6 Å². The van der Waals surface area contributed by atoms with Gasteiger partial charge in [0.05, 0.1) is 5.69 Å². The fourth-order valence-electron chi connectivity index (χ4n) is 2.69. The summed E-state index contributed by atoms with van der Waals surface area (Å²) in [6, 6.07) is 10.2. The summed E-state index contributed by atoms with van der Waals surface area (Å²) in [4.78, 5) is 36.5. The van der Waals surface area contributed by atoms with Crippen molar-refractivity contribution in [1.29, 1.82) is 0 Å². The van der Waals surface area contributed by atoms with E-state index in [9.17, 15) is 18.8 Å². The van der Waals surface area contributed by atoms with Crippen LogP contribution in [0.1, 0.15) is 36.7 Å². The Morgan fingerprint density at radius 1 is 1.00 bits per heavy atom. The zero-order valence-corrected chi connectivity index (χ0v) is 16.3. The molecular formula is C21H24FN3O3. The van der Waals surface area contributed by atoms with E-state index in [4.69, 9.17) is 0 Å². The Balaban J connectivity index is 2.16. The third-order valence-corrected chi connectivity index (χ3v) is 4.17. The highest BCUT2D eigenvalue weighted by Crippen LogP contribution is 2.20. The Labute approximate surface area is 163 Å². The summed E-state index contributed by atoms with van der Waals surface area (Å²) >= 11 is 0. The molecule has 0 fully saturated rings. The topological polar surface area (TPSA) is 87.3 Å². The van der Waals surface area contributed by atoms with Crippen LogP contribution in [0.2, 0.25) is 0 Å². The maximum atomic E-state index is 13.8. The average Bonchev–Trinajstić information content (AvgIpc) is 2.61. The number of nitrogens with one attached hydrogen (secondary N) is 3. The standard InChI is InChI=1S/C21H24FN3O3/c1-12(2)19(25-20(27)16-8-6-5-7-13(16)3)21(28)24-15-9-10-17(22)18(11-15)23-14(4)26/h5-12,19H,1-4H3,(H,23,26)(H,24,28)(H,25,27). The van der Waals surface area contributed by atoms with Gasteiger partial charge in [-0.3, -0.25) is 14.4 Å². The summed E-state index contributed by atoms with van der Waals surface area (Å²) in [7, 11) is 0. The molecule has 0 aromatic heterocycles. The zero-order valence-electron chi connectivity index (χ0n) is 16.3. The molecule has 6 nitrogen and oxygen atoms in total. The smallest absolute Gasteiger partial charge is 0.252 e. The number of rotatable bonds is 6. The fourth-order valence-corrected chi connectivity index (χ4v) is 2.69. The molecule has 148 valence electrons. The molecule has 0 aliphatic rings. The van der Waals surface area contributed by atoms with Crippen molar-refractivity contribution in [1.82, 2.24) is 5.32 Å². The van der Waals surface area contributed by atoms with E-state index in [1.165, 1.54) is 19.1 Å². The number of benzene rings is 2. The van der Waals surface area contributed by atoms with Gasteiger partial charge in [0.2, 0.25) is 11.8 Å². The summed E-state index contributed by atoms with van der Waals surface area (Å²) in [5, 5.41) is 7.78. The van der Waals surface area contributed by atoms with Crippen LogP contribution in [0, 0.1) is 18.7 Å². The molecule has 3 amide bonds. The van der Waals surface area contributed by atoms with E-state index in [1.807, 2.05) is 32.9 Å². The maximum absolute atomic E-state index is 13.8. The second kappa shape index (κ2) is 9.12. The van der Waals surface area contributed by atoms with Crippen LogP contribution in [0.25, 0.3) is 0 Å². The third-order valence-electron chi connectivity index (χ3n) is 4.17. The lowest BCUT2D eigenvalue weighted by molar-refractivity contribution is -0.119. The summed E-state index contributed by atoms with van der Waals surface area (Å²) in [6.45, 7) is 6.72. The second-order valence-corrected chi connectivity index (χ2v) is 6.88. The van der Waals surface area contributed by atoms with Gasteiger partial charge in [-0.05, 0) is 42.7 Å². The van der Waals surface area contributed by atoms with Crippen LogP contribution in [-0.4, -0.2) is 23.8 Å². The fraction of sp³-hybridized carbons (Fsp3) is 0.286. The van der Waals surface area contributed by atoms with Gasteiger partial charge in [0, 0.05) is 18.2 Å². The average molecular weight is 385 g/mol. The number of carbonyl (C=O) groups is 3. The van der Waals surface area contributed by atoms with Crippen LogP contribution < -0.4 is 16.0 Å². The largest absolute Gasteiger partial charge is 0.340 e. The molecule has 0 spiro atoms. The molecule has 0 aliphatic heterocycles. The third kappa shape index (κ3) is 5.39. The highest BCUT2D eigenvalue weighted by atomic mass is 19.1. The Bertz CT molecular complexity index is 896. The van der Waals surface area contributed by atoms with Crippen LogP contribution >= 0.6 is 0 Å². The molecule has 2 rings (SSSR count). The van der Waals surface area contributed by atoms with Crippen molar-refractivity contribution in [2.75, 3.05) is 10.6 Å². The predicted octanol–water partition coefficient (Wildman–Crippen LogP) is 3.49. The lowest BCUT2D eigenvalue weighted by atomic mass is 10.0. The molecule has 0 radical (unpaired) electrons. The van der Waals surface area contributed by atoms with Gasteiger partial charge in [0.15, 0.2) is 0 Å². The Hall–Kier alpha value is -3.22. The van der Waals surface area contributed by atoms with Gasteiger partial charge in [-0.15, -0.1) is 0 Å². The number of aryl methyl sites for hydroxylation is 1. The summed E-state index contributed by atoms with van der Waals surface area (Å²) in [5.74, 6) is -1.99. The lowest BCUT2D eigenvalue weighted by Crippen LogP contribution is -2.47. The molecule has 3 N–H and O–H groups in total. The van der Waals surface area contributed by atoms with Crippen molar-refractivity contribution >= 4 is 29.1 Å². The number of carbonyl (C=O) groups excluding carboxylic acids is 3. The number of hydrogen-bond donors (Lipinski definition) is 3. The molecule has 28 heavy (non-hydrogen) atoms. The number of anilines is 2. The van der Waals surface area contributed by atoms with Crippen LogP contribution in [0.15, 0.2) is 42.5 Å². The van der Waals surface area contributed by atoms with Crippen LogP contribution in [0.3, 0.4) is 0 Å². The first-order valence-corrected chi connectivity index (χ1v) is 8.93. The van der Waals surface area contributed by atoms with Crippen molar-refractivity contribution in [2.45, 2.75) is 33.7 Å². The SMILES string of the molecule is CC(=O)Nc1cc(NC(=O)C(NC(=O)c2ccccc2C)C(C)C)ccc1F. The molecule has 2 aromatic rings. The minimum absolute atomic E-state index is 0.0321. The Morgan fingerprint density at radius 3 is 2.29 bits per heavy atom. The van der Waals surface area contributed by atoms with Gasteiger partial charge in [0.1, 0.15) is 11.9 Å². The normalized spacial score (nSPS) is 11.6. The van der Waals surface area contributed by atoms with E-state index < -0.39 is 23.7 Å². The minimum atomic E-state index is -0.790. The number of amides is 3. The van der Waals surface area contributed by atoms with E-state index in [-0.39, 0.29) is 17.5 Å². The van der Waals surface area contributed by atoms with Crippen LogP contribution in [-0.2, 0) is 9.59 Å². The molecular weight excluding hydrogens is 361 g/mol. The Kier molecular flexibility index (Phi) is 6.87. The molecule has 1 atom stereocenters. The van der Waals surface area contributed by atoms with Gasteiger partial charge in [-0.2, -0.15) is 0 Å². The van der Waals surface area contributed by atoms with E-state index in [1.54, 1.807) is 12.1 Å². The minimum Gasteiger partial charge on any atom is -0.340 e. The molecule has 0 saturated heterocycles. The quantitative estimate of drug-likeness (QED) is 0.711. The highest BCUT2D eigenvalue weighted by molar-refractivity contribution is 6.02. The molecule has 2 aromatic carbocycles. The van der Waals surface area contributed by atoms with Gasteiger partial charge in [0.25, 0.3) is 5.91 Å². The molecule has 0 heterocycles. The molecule has 0 aliphatic carbocycles. The first-order chi connectivity index (χ1) is 13.2. The first kappa shape index (κ1) is 21.1. The van der Waals surface area contributed by atoms with Crippen LogP contribution in [0.4, 0.5) is 15.8 Å². The molecule has 7 heteroatoms. The molecule has 0 saturated carbocycles. The predicted molar refractivity (Wildman–Crippen MR) is 107 cm³/mol. The van der Waals surface area contributed by atoms with Crippen molar-refractivity contribution < 1.29 is 18.8 Å². The summed E-state index contributed by atoms with van der Waals surface area (Å²) in [5.41, 5.74) is 1.58. The number of hydrogen-bond acceptors (Lipinski definition) is 3. The second-order valence-electron chi connectivity index (χ2n) is 6.88. The van der Waals surface area contributed by atoms with E-state index in [0.29, 0.717) is 11.3 Å². The Morgan fingerprint density at radius 2 is 1.68 bits per heavy atom. The molecule has 1 unspecified atom stereocenters. The first-order valence-electron chi connectivity index (χ1n) is 8.93. The maximum Gasteiger partial charge on any atom is 0.252 e. The van der Waals surface area contributed by atoms with Gasteiger partial charge in [-0.1, -0.05) is 32.0 Å². The van der Waals surface area contributed by atoms with E-state index >= 15 is 0 Å². The highest BCUT2D eigenvalue weighted by Gasteiger charge is 2.25. The number of halogens is 1. The molecule has 0 bridgehead atoms.